The van der Waals surface area contributed by atoms with Crippen LogP contribution in [0, 0.1) is 5.92 Å². The van der Waals surface area contributed by atoms with E-state index in [0.29, 0.717) is 6.04 Å². The van der Waals surface area contributed by atoms with Crippen LogP contribution in [0.3, 0.4) is 0 Å². The van der Waals surface area contributed by atoms with Gasteiger partial charge in [0, 0.05) is 31.7 Å². The van der Waals surface area contributed by atoms with Crippen molar-refractivity contribution in [3.63, 3.8) is 0 Å². The smallest absolute Gasteiger partial charge is 0.221 e. The quantitative estimate of drug-likeness (QED) is 0.334. The van der Waals surface area contributed by atoms with E-state index < -0.39 is 0 Å². The van der Waals surface area contributed by atoms with Crippen LogP contribution < -0.4 is 16.0 Å². The van der Waals surface area contributed by atoms with Crippen LogP contribution in [0.25, 0.3) is 0 Å². The standard InChI is InChI=1S/C20H32N4O.HI/c1-4-21-20(24-19-9-5-15(2)6-10-19)22-14-13-17-7-11-18(12-8-17)23-16(3)25;/h7-8,11-12,15,19H,4-6,9-10,13-14H2,1-3H3,(H,23,25)(H2,21,22,24);1H. The largest absolute Gasteiger partial charge is 0.357 e. The van der Waals surface area contributed by atoms with Gasteiger partial charge >= 0.3 is 0 Å². The molecule has 1 aromatic rings. The molecule has 0 aliphatic heterocycles. The van der Waals surface area contributed by atoms with Crippen LogP contribution in [0.5, 0.6) is 0 Å². The third-order valence-electron chi connectivity index (χ3n) is 4.65. The van der Waals surface area contributed by atoms with E-state index >= 15 is 0 Å². The van der Waals surface area contributed by atoms with E-state index in [2.05, 4.69) is 29.8 Å². The van der Waals surface area contributed by atoms with E-state index in [1.807, 2.05) is 24.3 Å². The second kappa shape index (κ2) is 12.1. The van der Waals surface area contributed by atoms with Gasteiger partial charge in [0.15, 0.2) is 5.96 Å². The fraction of sp³-hybridized carbons (Fsp3) is 0.600. The molecule has 0 radical (unpaired) electrons. The SMILES string of the molecule is CCNC(=NCCc1ccc(NC(C)=O)cc1)NC1CCC(C)CC1.I. The highest BCUT2D eigenvalue weighted by Crippen LogP contribution is 2.23. The van der Waals surface area contributed by atoms with Crippen molar-refractivity contribution in [3.8, 4) is 0 Å². The van der Waals surface area contributed by atoms with Gasteiger partial charge in [-0.15, -0.1) is 24.0 Å². The molecule has 0 unspecified atom stereocenters. The minimum absolute atomic E-state index is 0. The van der Waals surface area contributed by atoms with E-state index in [1.165, 1.54) is 38.2 Å². The van der Waals surface area contributed by atoms with E-state index in [9.17, 15) is 4.79 Å². The third kappa shape index (κ3) is 8.38. The lowest BCUT2D eigenvalue weighted by Gasteiger charge is -2.28. The van der Waals surface area contributed by atoms with Crippen molar-refractivity contribution >= 4 is 41.5 Å². The maximum absolute atomic E-state index is 11.0. The lowest BCUT2D eigenvalue weighted by atomic mass is 9.87. The minimum atomic E-state index is -0.0455. The zero-order valence-electron chi connectivity index (χ0n) is 16.2. The van der Waals surface area contributed by atoms with Crippen molar-refractivity contribution < 1.29 is 4.79 Å². The van der Waals surface area contributed by atoms with Gasteiger partial charge in [-0.2, -0.15) is 0 Å². The molecule has 0 aromatic heterocycles. The number of carbonyl (C=O) groups is 1. The van der Waals surface area contributed by atoms with E-state index in [1.54, 1.807) is 0 Å². The van der Waals surface area contributed by atoms with Gasteiger partial charge in [0.2, 0.25) is 5.91 Å². The van der Waals surface area contributed by atoms with Crippen LogP contribution in [0.4, 0.5) is 5.69 Å². The van der Waals surface area contributed by atoms with Crippen LogP contribution >= 0.6 is 24.0 Å². The molecule has 1 aliphatic rings. The number of hydrogen-bond acceptors (Lipinski definition) is 2. The normalized spacial score (nSPS) is 20.0. The van der Waals surface area contributed by atoms with E-state index in [-0.39, 0.29) is 29.9 Å². The number of anilines is 1. The van der Waals surface area contributed by atoms with Gasteiger partial charge < -0.3 is 16.0 Å². The Bertz CT molecular complexity index is 566. The second-order valence-corrected chi connectivity index (χ2v) is 6.99. The van der Waals surface area contributed by atoms with Crippen molar-refractivity contribution in [2.45, 2.75) is 58.9 Å². The number of nitrogens with zero attached hydrogens (tertiary/aromatic N) is 1. The summed E-state index contributed by atoms with van der Waals surface area (Å²) in [5, 5.41) is 9.72. The zero-order chi connectivity index (χ0) is 18.1. The Morgan fingerprint density at radius 2 is 1.81 bits per heavy atom. The predicted octanol–water partition coefficient (Wildman–Crippen LogP) is 3.94. The van der Waals surface area contributed by atoms with Gasteiger partial charge in [0.1, 0.15) is 0 Å². The number of nitrogens with one attached hydrogen (secondary N) is 3. The Morgan fingerprint density at radius 3 is 2.38 bits per heavy atom. The second-order valence-electron chi connectivity index (χ2n) is 6.99. The molecule has 0 bridgehead atoms. The fourth-order valence-corrected chi connectivity index (χ4v) is 3.17. The number of halogens is 1. The summed E-state index contributed by atoms with van der Waals surface area (Å²) < 4.78 is 0. The lowest BCUT2D eigenvalue weighted by molar-refractivity contribution is -0.114. The Kier molecular flexibility index (Phi) is 10.6. The van der Waals surface area contributed by atoms with Crippen molar-refractivity contribution in [2.24, 2.45) is 10.9 Å². The molecule has 26 heavy (non-hydrogen) atoms. The summed E-state index contributed by atoms with van der Waals surface area (Å²) in [5.74, 6) is 1.74. The highest BCUT2D eigenvalue weighted by molar-refractivity contribution is 14.0. The predicted molar refractivity (Wildman–Crippen MR) is 120 cm³/mol. The first kappa shape index (κ1) is 22.7. The van der Waals surface area contributed by atoms with Crippen LogP contribution in [0.15, 0.2) is 29.3 Å². The molecule has 5 nitrogen and oxygen atoms in total. The number of amides is 1. The number of aliphatic imine (C=N–C) groups is 1. The van der Waals surface area contributed by atoms with Crippen molar-refractivity contribution in [2.75, 3.05) is 18.4 Å². The summed E-state index contributed by atoms with van der Waals surface area (Å²) in [6, 6.07) is 8.51. The Hall–Kier alpha value is -1.31. The average Bonchev–Trinajstić information content (AvgIpc) is 2.58. The maximum atomic E-state index is 11.0. The molecular formula is C20H33IN4O. The minimum Gasteiger partial charge on any atom is -0.357 e. The Labute approximate surface area is 174 Å². The van der Waals surface area contributed by atoms with Gasteiger partial charge in [-0.05, 0) is 62.6 Å². The van der Waals surface area contributed by atoms with Gasteiger partial charge in [-0.3, -0.25) is 9.79 Å². The molecule has 0 saturated heterocycles. The molecule has 1 fully saturated rings. The number of carbonyl (C=O) groups excluding carboxylic acids is 1. The van der Waals surface area contributed by atoms with Crippen molar-refractivity contribution in [1.29, 1.82) is 0 Å². The molecule has 0 spiro atoms. The molecule has 0 heterocycles. The van der Waals surface area contributed by atoms with Gasteiger partial charge in [-0.1, -0.05) is 19.1 Å². The molecule has 146 valence electrons. The first-order chi connectivity index (χ1) is 12.1. The Balaban J connectivity index is 0.00000338. The molecule has 1 amide bonds. The highest BCUT2D eigenvalue weighted by Gasteiger charge is 2.18. The summed E-state index contributed by atoms with van der Waals surface area (Å²) in [5.41, 5.74) is 2.06. The van der Waals surface area contributed by atoms with Crippen LogP contribution in [-0.4, -0.2) is 31.0 Å². The topological polar surface area (TPSA) is 65.5 Å². The summed E-state index contributed by atoms with van der Waals surface area (Å²) in [6.07, 6.45) is 5.96. The molecule has 1 aromatic carbocycles. The van der Waals surface area contributed by atoms with Crippen molar-refractivity contribution in [3.05, 3.63) is 29.8 Å². The number of hydrogen-bond donors (Lipinski definition) is 3. The van der Waals surface area contributed by atoms with Gasteiger partial charge in [0.05, 0.1) is 0 Å². The van der Waals surface area contributed by atoms with Crippen LogP contribution in [0.1, 0.15) is 52.0 Å². The fourth-order valence-electron chi connectivity index (χ4n) is 3.17. The third-order valence-corrected chi connectivity index (χ3v) is 4.65. The molecule has 0 atom stereocenters. The van der Waals surface area contributed by atoms with Gasteiger partial charge in [-0.25, -0.2) is 0 Å². The van der Waals surface area contributed by atoms with Crippen LogP contribution in [-0.2, 0) is 11.2 Å². The van der Waals surface area contributed by atoms with E-state index in [0.717, 1.165) is 37.1 Å². The molecular weight excluding hydrogens is 439 g/mol. The number of benzene rings is 1. The first-order valence-electron chi connectivity index (χ1n) is 9.48. The molecule has 1 aliphatic carbocycles. The Morgan fingerprint density at radius 1 is 1.15 bits per heavy atom. The maximum Gasteiger partial charge on any atom is 0.221 e. The zero-order valence-corrected chi connectivity index (χ0v) is 18.5. The summed E-state index contributed by atoms with van der Waals surface area (Å²) in [4.78, 5) is 15.8. The first-order valence-corrected chi connectivity index (χ1v) is 9.48. The van der Waals surface area contributed by atoms with Gasteiger partial charge in [0.25, 0.3) is 0 Å². The number of rotatable bonds is 6. The highest BCUT2D eigenvalue weighted by atomic mass is 127. The van der Waals surface area contributed by atoms with E-state index in [4.69, 9.17) is 4.99 Å². The summed E-state index contributed by atoms with van der Waals surface area (Å²) in [7, 11) is 0. The monoisotopic (exact) mass is 472 g/mol. The lowest BCUT2D eigenvalue weighted by Crippen LogP contribution is -2.44. The average molecular weight is 472 g/mol. The summed E-state index contributed by atoms with van der Waals surface area (Å²) >= 11 is 0. The molecule has 3 N–H and O–H groups in total. The molecule has 6 heteroatoms. The summed E-state index contributed by atoms with van der Waals surface area (Å²) in [6.45, 7) is 7.58. The van der Waals surface area contributed by atoms with Crippen LogP contribution in [0.2, 0.25) is 0 Å². The molecule has 1 saturated carbocycles. The molecule has 2 rings (SSSR count). The number of guanidine groups is 1. The van der Waals surface area contributed by atoms with Crippen molar-refractivity contribution in [1.82, 2.24) is 10.6 Å².